The van der Waals surface area contributed by atoms with Crippen LogP contribution in [0.4, 0.5) is 8.78 Å². The number of nitrogens with zero attached hydrogens (tertiary/aromatic N) is 1. The molecule has 0 aliphatic heterocycles. The van der Waals surface area contributed by atoms with Crippen molar-refractivity contribution in [2.45, 2.75) is 18.9 Å². The van der Waals surface area contributed by atoms with Crippen molar-refractivity contribution in [3.63, 3.8) is 0 Å². The summed E-state index contributed by atoms with van der Waals surface area (Å²) in [6.07, 6.45) is 0.974. The van der Waals surface area contributed by atoms with Crippen LogP contribution in [0.25, 0.3) is 0 Å². The number of carboxylic acids is 1. The Hall–Kier alpha value is -1.49. The quantitative estimate of drug-likeness (QED) is 0.898. The molecule has 0 bridgehead atoms. The van der Waals surface area contributed by atoms with Gasteiger partial charge in [-0.05, 0) is 45.1 Å². The zero-order valence-corrected chi connectivity index (χ0v) is 10.3. The summed E-state index contributed by atoms with van der Waals surface area (Å²) >= 11 is 0. The lowest BCUT2D eigenvalue weighted by Gasteiger charge is -2.30. The topological polar surface area (TPSA) is 40.5 Å². The molecule has 1 aromatic rings. The van der Waals surface area contributed by atoms with Gasteiger partial charge in [-0.25, -0.2) is 8.78 Å². The maximum Gasteiger partial charge on any atom is 0.311 e. The molecule has 0 amide bonds. The first-order valence-electron chi connectivity index (χ1n) is 5.73. The Morgan fingerprint density at radius 3 is 2.44 bits per heavy atom. The molecule has 0 aromatic heterocycles. The van der Waals surface area contributed by atoms with Crippen LogP contribution in [0.15, 0.2) is 18.2 Å². The van der Waals surface area contributed by atoms with E-state index < -0.39 is 29.1 Å². The van der Waals surface area contributed by atoms with Gasteiger partial charge in [0.1, 0.15) is 11.6 Å². The lowest BCUT2D eigenvalue weighted by Crippen LogP contribution is -2.34. The molecule has 1 aromatic carbocycles. The van der Waals surface area contributed by atoms with E-state index in [2.05, 4.69) is 0 Å². The fourth-order valence-corrected chi connectivity index (χ4v) is 2.53. The van der Waals surface area contributed by atoms with Gasteiger partial charge in [-0.15, -0.1) is 0 Å². The largest absolute Gasteiger partial charge is 0.481 e. The van der Waals surface area contributed by atoms with E-state index in [1.54, 1.807) is 19.0 Å². The van der Waals surface area contributed by atoms with Gasteiger partial charge < -0.3 is 10.0 Å². The highest BCUT2D eigenvalue weighted by Crippen LogP contribution is 2.57. The van der Waals surface area contributed by atoms with Crippen LogP contribution in [0, 0.1) is 17.0 Å². The number of hydrogen-bond donors (Lipinski definition) is 1. The monoisotopic (exact) mass is 255 g/mol. The first kappa shape index (κ1) is 13.0. The summed E-state index contributed by atoms with van der Waals surface area (Å²) in [4.78, 5) is 13.0. The Balaban J connectivity index is 2.49. The number of aliphatic carboxylic acids is 1. The zero-order chi connectivity index (χ0) is 13.5. The second kappa shape index (κ2) is 4.31. The molecule has 98 valence electrons. The number of rotatable bonds is 4. The minimum Gasteiger partial charge on any atom is -0.481 e. The number of hydrogen-bond acceptors (Lipinski definition) is 2. The molecule has 0 radical (unpaired) electrons. The Labute approximate surface area is 104 Å². The SMILES string of the molecule is CN(C)C(c1cc(F)ccc1F)C1(C(=O)O)CC1. The number of benzene rings is 1. The fourth-order valence-electron chi connectivity index (χ4n) is 2.53. The van der Waals surface area contributed by atoms with E-state index in [9.17, 15) is 18.7 Å². The predicted octanol–water partition coefficient (Wildman–Crippen LogP) is 2.43. The number of halogens is 2. The zero-order valence-electron chi connectivity index (χ0n) is 10.3. The Kier molecular flexibility index (Phi) is 3.11. The maximum atomic E-state index is 13.8. The summed E-state index contributed by atoms with van der Waals surface area (Å²) in [6, 6.07) is 2.51. The third-order valence-corrected chi connectivity index (χ3v) is 3.51. The molecule has 1 fully saturated rings. The Morgan fingerprint density at radius 2 is 2.00 bits per heavy atom. The van der Waals surface area contributed by atoms with Crippen LogP contribution in [-0.4, -0.2) is 30.1 Å². The Bertz CT molecular complexity index is 484. The molecular formula is C13H15F2NO2. The Morgan fingerprint density at radius 1 is 1.39 bits per heavy atom. The standard InChI is InChI=1S/C13H15F2NO2/c1-16(2)11(13(5-6-13)12(17)18)9-7-8(14)3-4-10(9)15/h3-4,7,11H,5-6H2,1-2H3,(H,17,18). The van der Waals surface area contributed by atoms with E-state index >= 15 is 0 Å². The van der Waals surface area contributed by atoms with E-state index in [4.69, 9.17) is 0 Å². The van der Waals surface area contributed by atoms with Gasteiger partial charge in [-0.2, -0.15) is 0 Å². The number of carboxylic acid groups (broad SMARTS) is 1. The lowest BCUT2D eigenvalue weighted by molar-refractivity contribution is -0.146. The molecule has 1 unspecified atom stereocenters. The average Bonchev–Trinajstić information content (AvgIpc) is 3.04. The summed E-state index contributed by atoms with van der Waals surface area (Å²) in [7, 11) is 3.36. The first-order valence-corrected chi connectivity index (χ1v) is 5.73. The van der Waals surface area contributed by atoms with Gasteiger partial charge in [0.15, 0.2) is 0 Å². The molecule has 0 saturated heterocycles. The third-order valence-electron chi connectivity index (χ3n) is 3.51. The second-order valence-electron chi connectivity index (χ2n) is 4.99. The molecule has 1 N–H and O–H groups in total. The van der Waals surface area contributed by atoms with E-state index in [0.717, 1.165) is 18.2 Å². The van der Waals surface area contributed by atoms with Crippen molar-refractivity contribution >= 4 is 5.97 Å². The molecule has 2 rings (SSSR count). The lowest BCUT2D eigenvalue weighted by atomic mass is 9.88. The van der Waals surface area contributed by atoms with Crippen LogP contribution in [0.1, 0.15) is 24.4 Å². The molecular weight excluding hydrogens is 240 g/mol. The van der Waals surface area contributed by atoms with Crippen molar-refractivity contribution in [1.82, 2.24) is 4.90 Å². The van der Waals surface area contributed by atoms with E-state index in [-0.39, 0.29) is 5.56 Å². The van der Waals surface area contributed by atoms with Crippen molar-refractivity contribution in [1.29, 1.82) is 0 Å². The highest BCUT2D eigenvalue weighted by atomic mass is 19.1. The molecule has 0 spiro atoms. The van der Waals surface area contributed by atoms with Gasteiger partial charge in [0, 0.05) is 5.56 Å². The van der Waals surface area contributed by atoms with Crippen molar-refractivity contribution in [2.75, 3.05) is 14.1 Å². The van der Waals surface area contributed by atoms with Gasteiger partial charge in [-0.1, -0.05) is 0 Å². The van der Waals surface area contributed by atoms with E-state index in [0.29, 0.717) is 12.8 Å². The first-order chi connectivity index (χ1) is 8.38. The van der Waals surface area contributed by atoms with Crippen LogP contribution in [0.2, 0.25) is 0 Å². The van der Waals surface area contributed by atoms with Gasteiger partial charge in [-0.3, -0.25) is 4.79 Å². The third kappa shape index (κ3) is 1.99. The molecule has 3 nitrogen and oxygen atoms in total. The summed E-state index contributed by atoms with van der Waals surface area (Å²) in [5.74, 6) is -2.08. The minimum absolute atomic E-state index is 0.111. The highest BCUT2D eigenvalue weighted by molar-refractivity contribution is 5.79. The van der Waals surface area contributed by atoms with Gasteiger partial charge in [0.25, 0.3) is 0 Å². The van der Waals surface area contributed by atoms with Crippen LogP contribution in [0.3, 0.4) is 0 Å². The minimum atomic E-state index is -0.988. The maximum absolute atomic E-state index is 13.8. The molecule has 1 atom stereocenters. The van der Waals surface area contributed by atoms with Crippen molar-refractivity contribution in [3.05, 3.63) is 35.4 Å². The highest BCUT2D eigenvalue weighted by Gasteiger charge is 2.58. The molecule has 0 heterocycles. The van der Waals surface area contributed by atoms with Gasteiger partial charge in [0.05, 0.1) is 11.5 Å². The smallest absolute Gasteiger partial charge is 0.311 e. The second-order valence-corrected chi connectivity index (χ2v) is 4.99. The van der Waals surface area contributed by atoms with E-state index in [1.807, 2.05) is 0 Å². The summed E-state index contributed by atoms with van der Waals surface area (Å²) in [6.45, 7) is 0. The summed E-state index contributed by atoms with van der Waals surface area (Å²) < 4.78 is 27.1. The van der Waals surface area contributed by atoms with Crippen molar-refractivity contribution < 1.29 is 18.7 Å². The number of carbonyl (C=O) groups is 1. The molecule has 1 saturated carbocycles. The average molecular weight is 255 g/mol. The van der Waals surface area contributed by atoms with Gasteiger partial charge >= 0.3 is 5.97 Å². The van der Waals surface area contributed by atoms with Gasteiger partial charge in [0.2, 0.25) is 0 Å². The fraction of sp³-hybridized carbons (Fsp3) is 0.462. The summed E-state index contributed by atoms with van der Waals surface area (Å²) in [5, 5.41) is 9.30. The normalized spacial score (nSPS) is 18.7. The molecule has 1 aliphatic rings. The van der Waals surface area contributed by atoms with Crippen LogP contribution >= 0.6 is 0 Å². The molecule has 18 heavy (non-hydrogen) atoms. The summed E-state index contributed by atoms with van der Waals surface area (Å²) in [5.41, 5.74) is -0.877. The van der Waals surface area contributed by atoms with Crippen LogP contribution < -0.4 is 0 Å². The predicted molar refractivity (Wildman–Crippen MR) is 62.1 cm³/mol. The van der Waals surface area contributed by atoms with E-state index in [1.165, 1.54) is 0 Å². The van der Waals surface area contributed by atoms with Crippen molar-refractivity contribution in [3.8, 4) is 0 Å². The molecule has 1 aliphatic carbocycles. The van der Waals surface area contributed by atoms with Crippen LogP contribution in [-0.2, 0) is 4.79 Å². The van der Waals surface area contributed by atoms with Crippen molar-refractivity contribution in [2.24, 2.45) is 5.41 Å². The van der Waals surface area contributed by atoms with Crippen LogP contribution in [0.5, 0.6) is 0 Å². The molecule has 5 heteroatoms.